The van der Waals surface area contributed by atoms with Crippen LogP contribution in [-0.2, 0) is 0 Å². The summed E-state index contributed by atoms with van der Waals surface area (Å²) in [4.78, 5) is 4.42. The number of halogens is 1. The van der Waals surface area contributed by atoms with Gasteiger partial charge in [0.25, 0.3) is 0 Å². The fourth-order valence-electron chi connectivity index (χ4n) is 2.44. The molecule has 0 aliphatic rings. The fraction of sp³-hybridized carbons (Fsp3) is 0.100. The molecule has 4 rings (SSSR count). The molecule has 1 unspecified atom stereocenters. The third-order valence-electron chi connectivity index (χ3n) is 3.88. The van der Waals surface area contributed by atoms with Crippen molar-refractivity contribution in [2.24, 2.45) is 0 Å². The van der Waals surface area contributed by atoms with Gasteiger partial charge >= 0.3 is 0 Å². The lowest BCUT2D eigenvalue weighted by Crippen LogP contribution is -1.89. The normalized spacial score (nSPS) is 12.5. The van der Waals surface area contributed by atoms with Crippen LogP contribution in [0.3, 0.4) is 0 Å². The van der Waals surface area contributed by atoms with E-state index in [0.29, 0.717) is 22.8 Å². The minimum Gasteiger partial charge on any atom is -0.419 e. The minimum atomic E-state index is -0.263. The molecule has 2 heterocycles. The first-order valence-corrected chi connectivity index (χ1v) is 9.47. The zero-order valence-corrected chi connectivity index (χ0v) is 15.7. The number of hydrogen-bond donors (Lipinski definition) is 1. The third-order valence-corrected chi connectivity index (χ3v) is 4.83. The van der Waals surface area contributed by atoms with Gasteiger partial charge in [0.05, 0.1) is 5.25 Å². The summed E-state index contributed by atoms with van der Waals surface area (Å²) in [6.07, 6.45) is 3.62. The molecule has 0 radical (unpaired) electrons. The van der Waals surface area contributed by atoms with Gasteiger partial charge in [0.15, 0.2) is 0 Å². The molecule has 1 N–H and O–H groups in total. The number of H-pyrrole nitrogens is 1. The number of rotatable bonds is 6. The van der Waals surface area contributed by atoms with E-state index in [0.717, 1.165) is 11.1 Å². The molecule has 1 atom stereocenters. The molecule has 0 saturated heterocycles. The Morgan fingerprint density at radius 1 is 1.04 bits per heavy atom. The van der Waals surface area contributed by atoms with Crippen molar-refractivity contribution in [3.8, 4) is 11.5 Å². The molecule has 0 spiro atoms. The van der Waals surface area contributed by atoms with Crippen molar-refractivity contribution < 1.29 is 8.81 Å². The number of nitrogens with zero attached hydrogens (tertiary/aromatic N) is 4. The molecule has 8 heteroatoms. The Labute approximate surface area is 164 Å². The van der Waals surface area contributed by atoms with Gasteiger partial charge in [-0.1, -0.05) is 48.2 Å². The molecule has 2 aromatic carbocycles. The van der Waals surface area contributed by atoms with E-state index in [-0.39, 0.29) is 11.1 Å². The summed E-state index contributed by atoms with van der Waals surface area (Å²) in [6.45, 7) is 1.96. The van der Waals surface area contributed by atoms with Crippen molar-refractivity contribution in [3.05, 3.63) is 77.7 Å². The highest BCUT2D eigenvalue weighted by molar-refractivity contribution is 7.99. The first-order chi connectivity index (χ1) is 13.7. The van der Waals surface area contributed by atoms with Crippen LogP contribution < -0.4 is 0 Å². The van der Waals surface area contributed by atoms with Gasteiger partial charge in [-0.15, -0.1) is 15.3 Å². The van der Waals surface area contributed by atoms with Gasteiger partial charge in [0.2, 0.25) is 16.9 Å². The second-order valence-corrected chi connectivity index (χ2v) is 7.27. The molecular weight excluding hydrogens is 377 g/mol. The van der Waals surface area contributed by atoms with Crippen LogP contribution in [0.4, 0.5) is 4.39 Å². The summed E-state index contributed by atoms with van der Waals surface area (Å²) in [5, 5.41) is 15.8. The Kier molecular flexibility index (Phi) is 5.29. The standard InChI is InChI=1S/C20H16FN5OS/c1-13(18-24-25-19(27-18)15-5-3-2-4-6-15)28-20-22-17(23-26-20)12-9-14-7-10-16(21)11-8-14/h2-13H,1H3,(H,22,23,26)/b12-9+. The van der Waals surface area contributed by atoms with Crippen LogP contribution >= 0.6 is 11.8 Å². The van der Waals surface area contributed by atoms with Crippen LogP contribution in [-0.4, -0.2) is 25.4 Å². The molecule has 4 aromatic rings. The monoisotopic (exact) mass is 393 g/mol. The summed E-state index contributed by atoms with van der Waals surface area (Å²) in [5.74, 6) is 1.34. The highest BCUT2D eigenvalue weighted by Crippen LogP contribution is 2.33. The fourth-order valence-corrected chi connectivity index (χ4v) is 3.20. The van der Waals surface area contributed by atoms with E-state index >= 15 is 0 Å². The molecule has 2 aromatic heterocycles. The molecule has 140 valence electrons. The molecule has 0 aliphatic carbocycles. The topological polar surface area (TPSA) is 80.5 Å². The quantitative estimate of drug-likeness (QED) is 0.464. The third kappa shape index (κ3) is 4.34. The number of benzene rings is 2. The van der Waals surface area contributed by atoms with E-state index in [1.807, 2.05) is 43.3 Å². The highest BCUT2D eigenvalue weighted by atomic mass is 32.2. The van der Waals surface area contributed by atoms with Crippen LogP contribution in [0.25, 0.3) is 23.6 Å². The average molecular weight is 393 g/mol. The van der Waals surface area contributed by atoms with Gasteiger partial charge in [0, 0.05) is 5.56 Å². The van der Waals surface area contributed by atoms with Gasteiger partial charge in [-0.25, -0.2) is 9.37 Å². The van der Waals surface area contributed by atoms with Crippen LogP contribution in [0.5, 0.6) is 0 Å². The summed E-state index contributed by atoms with van der Waals surface area (Å²) < 4.78 is 18.7. The predicted octanol–water partition coefficient (Wildman–Crippen LogP) is 5.02. The van der Waals surface area contributed by atoms with Gasteiger partial charge in [-0.05, 0) is 42.8 Å². The number of thioether (sulfide) groups is 1. The Bertz CT molecular complexity index is 1080. The highest BCUT2D eigenvalue weighted by Gasteiger charge is 2.18. The Balaban J connectivity index is 1.41. The van der Waals surface area contributed by atoms with Crippen molar-refractivity contribution in [1.82, 2.24) is 25.4 Å². The lowest BCUT2D eigenvalue weighted by atomic mass is 10.2. The maximum atomic E-state index is 12.9. The van der Waals surface area contributed by atoms with Gasteiger partial charge in [-0.3, -0.25) is 5.10 Å². The summed E-state index contributed by atoms with van der Waals surface area (Å²) >= 11 is 1.42. The van der Waals surface area contributed by atoms with Crippen molar-refractivity contribution >= 4 is 23.9 Å². The second kappa shape index (κ2) is 8.18. The molecular formula is C20H16FN5OS. The molecule has 6 nitrogen and oxygen atoms in total. The second-order valence-electron chi connectivity index (χ2n) is 5.96. The SMILES string of the molecule is CC(Sc1n[nH]c(/C=C/c2ccc(F)cc2)n1)c1nnc(-c2ccccc2)o1. The average Bonchev–Trinajstić information content (AvgIpc) is 3.38. The van der Waals surface area contributed by atoms with E-state index in [9.17, 15) is 4.39 Å². The van der Waals surface area contributed by atoms with Crippen molar-refractivity contribution in [2.75, 3.05) is 0 Å². The Morgan fingerprint density at radius 3 is 2.61 bits per heavy atom. The first-order valence-electron chi connectivity index (χ1n) is 8.59. The smallest absolute Gasteiger partial charge is 0.247 e. The minimum absolute atomic E-state index is 0.102. The maximum Gasteiger partial charge on any atom is 0.247 e. The zero-order valence-electron chi connectivity index (χ0n) is 14.9. The molecule has 0 saturated carbocycles. The molecule has 0 aliphatic heterocycles. The molecule has 0 fully saturated rings. The van der Waals surface area contributed by atoms with Crippen molar-refractivity contribution in [2.45, 2.75) is 17.3 Å². The summed E-state index contributed by atoms with van der Waals surface area (Å²) in [7, 11) is 0. The predicted molar refractivity (Wildman–Crippen MR) is 106 cm³/mol. The molecule has 28 heavy (non-hydrogen) atoms. The van der Waals surface area contributed by atoms with Crippen LogP contribution in [0.15, 0.2) is 64.2 Å². The number of hydrogen-bond acceptors (Lipinski definition) is 6. The summed E-state index contributed by atoms with van der Waals surface area (Å²) in [5.41, 5.74) is 1.75. The largest absolute Gasteiger partial charge is 0.419 e. The van der Waals surface area contributed by atoms with Gasteiger partial charge < -0.3 is 4.42 Å². The zero-order chi connectivity index (χ0) is 19.3. The number of aromatic nitrogens is 5. The Morgan fingerprint density at radius 2 is 1.82 bits per heavy atom. The molecule has 0 amide bonds. The van der Waals surface area contributed by atoms with Gasteiger partial charge in [0.1, 0.15) is 11.6 Å². The summed E-state index contributed by atoms with van der Waals surface area (Å²) in [6, 6.07) is 15.8. The van der Waals surface area contributed by atoms with E-state index in [1.165, 1.54) is 23.9 Å². The van der Waals surface area contributed by atoms with Crippen LogP contribution in [0, 0.1) is 5.82 Å². The maximum absolute atomic E-state index is 12.9. The Hall–Kier alpha value is -3.26. The lowest BCUT2D eigenvalue weighted by molar-refractivity contribution is 0.509. The van der Waals surface area contributed by atoms with Crippen LogP contribution in [0.2, 0.25) is 0 Å². The van der Waals surface area contributed by atoms with Crippen molar-refractivity contribution in [3.63, 3.8) is 0 Å². The van der Waals surface area contributed by atoms with E-state index in [4.69, 9.17) is 4.42 Å². The number of aromatic amines is 1. The van der Waals surface area contributed by atoms with E-state index < -0.39 is 0 Å². The number of nitrogens with one attached hydrogen (secondary N) is 1. The molecule has 0 bridgehead atoms. The van der Waals surface area contributed by atoms with E-state index in [1.54, 1.807) is 18.2 Å². The van der Waals surface area contributed by atoms with E-state index in [2.05, 4.69) is 25.4 Å². The lowest BCUT2D eigenvalue weighted by Gasteiger charge is -2.01. The van der Waals surface area contributed by atoms with Crippen molar-refractivity contribution in [1.29, 1.82) is 0 Å². The first kappa shape index (κ1) is 18.1. The van der Waals surface area contributed by atoms with Gasteiger partial charge in [-0.2, -0.15) is 0 Å². The van der Waals surface area contributed by atoms with Crippen LogP contribution in [0.1, 0.15) is 29.5 Å².